The highest BCUT2D eigenvalue weighted by molar-refractivity contribution is 5.82. The summed E-state index contributed by atoms with van der Waals surface area (Å²) in [4.78, 5) is 21.8. The predicted molar refractivity (Wildman–Crippen MR) is 53.9 cm³/mol. The minimum atomic E-state index is -0.672. The Morgan fingerprint density at radius 1 is 1.53 bits per heavy atom. The lowest BCUT2D eigenvalue weighted by atomic mass is 10.3. The van der Waals surface area contributed by atoms with Crippen molar-refractivity contribution in [3.63, 3.8) is 0 Å². The van der Waals surface area contributed by atoms with Gasteiger partial charge in [-0.1, -0.05) is 0 Å². The van der Waals surface area contributed by atoms with E-state index >= 15 is 0 Å². The first kappa shape index (κ1) is 13.3. The van der Waals surface area contributed by atoms with Gasteiger partial charge < -0.3 is 20.5 Å². The van der Waals surface area contributed by atoms with Crippen molar-refractivity contribution in [3.05, 3.63) is 11.8 Å². The second-order valence-corrected chi connectivity index (χ2v) is 2.69. The zero-order valence-corrected chi connectivity index (χ0v) is 9.07. The Morgan fingerprint density at radius 2 is 2.13 bits per heavy atom. The number of esters is 1. The molecule has 1 amide bonds. The highest BCUT2D eigenvalue weighted by Crippen LogP contribution is 2.00. The standard InChI is InChI=1S/C9H16N2O4/c1-4-14-8(12)5-7(10)6(2)15-9(13)11-3/h5-6H,4,10H2,1-3H3,(H,11,13)/b7-5-. The Morgan fingerprint density at radius 3 is 2.60 bits per heavy atom. The largest absolute Gasteiger partial charge is 0.463 e. The number of hydrogen-bond acceptors (Lipinski definition) is 5. The van der Waals surface area contributed by atoms with Crippen molar-refractivity contribution in [2.24, 2.45) is 5.73 Å². The molecule has 0 fully saturated rings. The van der Waals surface area contributed by atoms with Gasteiger partial charge in [-0.15, -0.1) is 0 Å². The third kappa shape index (κ3) is 5.56. The maximum absolute atomic E-state index is 11.0. The number of hydrogen-bond donors (Lipinski definition) is 2. The molecular formula is C9H16N2O4. The van der Waals surface area contributed by atoms with E-state index in [2.05, 4.69) is 10.1 Å². The summed E-state index contributed by atoms with van der Waals surface area (Å²) in [5.41, 5.74) is 5.64. The maximum atomic E-state index is 11.0. The molecular weight excluding hydrogens is 200 g/mol. The van der Waals surface area contributed by atoms with E-state index in [4.69, 9.17) is 10.5 Å². The van der Waals surface area contributed by atoms with Crippen LogP contribution in [-0.2, 0) is 14.3 Å². The molecule has 0 spiro atoms. The van der Waals surface area contributed by atoms with E-state index in [1.807, 2.05) is 0 Å². The molecule has 15 heavy (non-hydrogen) atoms. The van der Waals surface area contributed by atoms with E-state index in [1.54, 1.807) is 13.8 Å². The molecule has 0 aromatic carbocycles. The second kappa shape index (κ2) is 6.69. The highest BCUT2D eigenvalue weighted by atomic mass is 16.6. The minimum Gasteiger partial charge on any atom is -0.463 e. The first-order chi connectivity index (χ1) is 7.01. The van der Waals surface area contributed by atoms with Crippen LogP contribution in [0.2, 0.25) is 0 Å². The first-order valence-corrected chi connectivity index (χ1v) is 4.53. The van der Waals surface area contributed by atoms with Crippen molar-refractivity contribution >= 4 is 12.1 Å². The zero-order valence-electron chi connectivity index (χ0n) is 9.07. The monoisotopic (exact) mass is 216 g/mol. The molecule has 1 atom stereocenters. The normalized spacial score (nSPS) is 12.9. The van der Waals surface area contributed by atoms with E-state index in [0.29, 0.717) is 0 Å². The summed E-state index contributed by atoms with van der Waals surface area (Å²) in [5, 5.41) is 2.27. The second-order valence-electron chi connectivity index (χ2n) is 2.69. The Kier molecular flexibility index (Phi) is 5.92. The van der Waals surface area contributed by atoms with Crippen molar-refractivity contribution in [1.82, 2.24) is 5.32 Å². The van der Waals surface area contributed by atoms with Gasteiger partial charge in [-0.05, 0) is 13.8 Å². The molecule has 0 heterocycles. The molecule has 1 unspecified atom stereocenters. The van der Waals surface area contributed by atoms with Gasteiger partial charge >= 0.3 is 12.1 Å². The first-order valence-electron chi connectivity index (χ1n) is 4.53. The van der Waals surface area contributed by atoms with Crippen molar-refractivity contribution in [2.45, 2.75) is 20.0 Å². The number of rotatable bonds is 4. The van der Waals surface area contributed by atoms with E-state index in [1.165, 1.54) is 7.05 Å². The molecule has 6 nitrogen and oxygen atoms in total. The fourth-order valence-electron chi connectivity index (χ4n) is 0.725. The van der Waals surface area contributed by atoms with Crippen LogP contribution in [0.5, 0.6) is 0 Å². The van der Waals surface area contributed by atoms with Gasteiger partial charge in [-0.2, -0.15) is 0 Å². The van der Waals surface area contributed by atoms with Crippen LogP contribution >= 0.6 is 0 Å². The molecule has 0 aromatic heterocycles. The van der Waals surface area contributed by atoms with E-state index in [9.17, 15) is 9.59 Å². The number of nitrogens with one attached hydrogen (secondary N) is 1. The molecule has 0 bridgehead atoms. The SMILES string of the molecule is CCOC(=O)/C=C(\N)C(C)OC(=O)NC. The molecule has 0 aliphatic heterocycles. The van der Waals surface area contributed by atoms with Crippen LogP contribution in [0.4, 0.5) is 4.79 Å². The van der Waals surface area contributed by atoms with Gasteiger partial charge in [0.25, 0.3) is 0 Å². The Labute approximate surface area is 88.4 Å². The summed E-state index contributed by atoms with van der Waals surface area (Å²) in [6, 6.07) is 0. The summed E-state index contributed by atoms with van der Waals surface area (Å²) in [5.74, 6) is -0.553. The van der Waals surface area contributed by atoms with Crippen molar-refractivity contribution < 1.29 is 19.1 Å². The van der Waals surface area contributed by atoms with Crippen LogP contribution < -0.4 is 11.1 Å². The summed E-state index contributed by atoms with van der Waals surface area (Å²) >= 11 is 0. The third-order valence-corrected chi connectivity index (χ3v) is 1.53. The molecule has 0 saturated heterocycles. The molecule has 0 aromatic rings. The topological polar surface area (TPSA) is 90.7 Å². The predicted octanol–water partition coefficient (Wildman–Crippen LogP) is 0.137. The lowest BCUT2D eigenvalue weighted by Gasteiger charge is -2.12. The van der Waals surface area contributed by atoms with E-state index in [0.717, 1.165) is 6.08 Å². The van der Waals surface area contributed by atoms with Crippen LogP contribution in [0.15, 0.2) is 11.8 Å². The van der Waals surface area contributed by atoms with Crippen LogP contribution in [0.3, 0.4) is 0 Å². The Bertz CT molecular complexity index is 263. The lowest BCUT2D eigenvalue weighted by Crippen LogP contribution is -2.28. The molecule has 0 rings (SSSR count). The van der Waals surface area contributed by atoms with Crippen LogP contribution in [0.1, 0.15) is 13.8 Å². The number of alkyl carbamates (subject to hydrolysis) is 1. The Hall–Kier alpha value is -1.72. The number of amides is 1. The molecule has 0 aliphatic carbocycles. The molecule has 3 N–H and O–H groups in total. The molecule has 86 valence electrons. The quantitative estimate of drug-likeness (QED) is 0.515. The van der Waals surface area contributed by atoms with Crippen LogP contribution in [-0.4, -0.2) is 31.8 Å². The summed E-state index contributed by atoms with van der Waals surface area (Å²) in [7, 11) is 1.43. The average molecular weight is 216 g/mol. The maximum Gasteiger partial charge on any atom is 0.407 e. The summed E-state index contributed by atoms with van der Waals surface area (Å²) in [6.45, 7) is 3.51. The fraction of sp³-hybridized carbons (Fsp3) is 0.556. The highest BCUT2D eigenvalue weighted by Gasteiger charge is 2.11. The van der Waals surface area contributed by atoms with Gasteiger partial charge in [0.05, 0.1) is 12.3 Å². The Balaban J connectivity index is 4.23. The average Bonchev–Trinajstić information content (AvgIpc) is 2.17. The molecule has 0 saturated carbocycles. The van der Waals surface area contributed by atoms with Gasteiger partial charge in [-0.25, -0.2) is 9.59 Å². The minimum absolute atomic E-state index is 0.136. The van der Waals surface area contributed by atoms with Crippen molar-refractivity contribution in [3.8, 4) is 0 Å². The van der Waals surface area contributed by atoms with Gasteiger partial charge in [-0.3, -0.25) is 0 Å². The molecule has 0 aliphatic rings. The van der Waals surface area contributed by atoms with Crippen molar-refractivity contribution in [2.75, 3.05) is 13.7 Å². The van der Waals surface area contributed by atoms with Crippen LogP contribution in [0.25, 0.3) is 0 Å². The van der Waals surface area contributed by atoms with Crippen LogP contribution in [0, 0.1) is 0 Å². The van der Waals surface area contributed by atoms with E-state index in [-0.39, 0.29) is 12.3 Å². The summed E-state index contributed by atoms with van der Waals surface area (Å²) < 4.78 is 9.43. The molecule has 6 heteroatoms. The number of ether oxygens (including phenoxy) is 2. The summed E-state index contributed by atoms with van der Waals surface area (Å²) in [6.07, 6.45) is -0.186. The smallest absolute Gasteiger partial charge is 0.407 e. The van der Waals surface area contributed by atoms with Gasteiger partial charge in [0.15, 0.2) is 0 Å². The van der Waals surface area contributed by atoms with Gasteiger partial charge in [0.2, 0.25) is 0 Å². The number of carbonyl (C=O) groups excluding carboxylic acids is 2. The number of nitrogens with two attached hydrogens (primary N) is 1. The lowest BCUT2D eigenvalue weighted by molar-refractivity contribution is -0.137. The van der Waals surface area contributed by atoms with Crippen molar-refractivity contribution in [1.29, 1.82) is 0 Å². The molecule has 0 radical (unpaired) electrons. The number of carbonyl (C=O) groups is 2. The van der Waals surface area contributed by atoms with Gasteiger partial charge in [0, 0.05) is 13.1 Å². The van der Waals surface area contributed by atoms with E-state index < -0.39 is 18.2 Å². The van der Waals surface area contributed by atoms with Gasteiger partial charge in [0.1, 0.15) is 6.10 Å². The fourth-order valence-corrected chi connectivity index (χ4v) is 0.725. The zero-order chi connectivity index (χ0) is 11.8. The third-order valence-electron chi connectivity index (χ3n) is 1.53.